The van der Waals surface area contributed by atoms with E-state index in [4.69, 9.17) is 23.2 Å². The molecular weight excluding hydrogens is 267 g/mol. The van der Waals surface area contributed by atoms with Crippen molar-refractivity contribution in [3.05, 3.63) is 28.2 Å². The normalized spacial score (nSPS) is 19.5. The van der Waals surface area contributed by atoms with Gasteiger partial charge >= 0.3 is 10.4 Å². The number of rotatable bonds is 1. The second-order valence-electron chi connectivity index (χ2n) is 2.52. The molecule has 9 heteroatoms. The van der Waals surface area contributed by atoms with Crippen molar-refractivity contribution in [1.29, 1.82) is 0 Å². The number of hydrogen-bond donors (Lipinski definition) is 1. The maximum Gasteiger partial charge on any atom is 0.440 e. The zero-order valence-electron chi connectivity index (χ0n) is 6.98. The monoisotopic (exact) mass is 270 g/mol. The Bertz CT molecular complexity index is 472. The van der Waals surface area contributed by atoms with Crippen LogP contribution < -0.4 is 10.8 Å². The molecule has 6 nitrogen and oxygen atoms in total. The molecule has 15 heavy (non-hydrogen) atoms. The minimum absolute atomic E-state index is 0.155. The van der Waals surface area contributed by atoms with Crippen molar-refractivity contribution in [3.63, 3.8) is 0 Å². The van der Waals surface area contributed by atoms with Crippen molar-refractivity contribution in [2.24, 2.45) is 0 Å². The maximum absolute atomic E-state index is 10.8. The van der Waals surface area contributed by atoms with Crippen molar-refractivity contribution in [1.82, 2.24) is 5.59 Å². The number of hydrogen-bond acceptors (Lipinski definition) is 6. The van der Waals surface area contributed by atoms with Gasteiger partial charge in [0.2, 0.25) is 0 Å². The van der Waals surface area contributed by atoms with Crippen molar-refractivity contribution in [2.75, 3.05) is 5.17 Å². The average molecular weight is 271 g/mol. The van der Waals surface area contributed by atoms with Crippen molar-refractivity contribution < 1.29 is 17.0 Å². The van der Waals surface area contributed by atoms with Crippen LogP contribution in [0.3, 0.4) is 0 Å². The van der Waals surface area contributed by atoms with E-state index >= 15 is 0 Å². The quantitative estimate of drug-likeness (QED) is 0.833. The summed E-state index contributed by atoms with van der Waals surface area (Å²) in [5.74, 6) is 0. The van der Waals surface area contributed by atoms with E-state index < -0.39 is 10.4 Å². The molecule has 0 saturated carbocycles. The Morgan fingerprint density at radius 2 is 1.87 bits per heavy atom. The van der Waals surface area contributed by atoms with Gasteiger partial charge in [-0.25, -0.2) is 0 Å². The summed E-state index contributed by atoms with van der Waals surface area (Å²) < 4.78 is 30.1. The number of halogens is 2. The van der Waals surface area contributed by atoms with Gasteiger partial charge in [-0.1, -0.05) is 34.9 Å². The molecule has 0 bridgehead atoms. The number of benzene rings is 1. The van der Waals surface area contributed by atoms with Crippen molar-refractivity contribution in [3.8, 4) is 0 Å². The maximum atomic E-state index is 10.8. The summed E-state index contributed by atoms with van der Waals surface area (Å²) in [6, 6.07) is 4.66. The Labute approximate surface area is 95.5 Å². The molecule has 0 atom stereocenters. The minimum atomic E-state index is -4.08. The van der Waals surface area contributed by atoms with Crippen LogP contribution in [0.1, 0.15) is 0 Å². The van der Waals surface area contributed by atoms with Gasteiger partial charge in [-0.2, -0.15) is 8.42 Å². The van der Waals surface area contributed by atoms with Gasteiger partial charge in [0.25, 0.3) is 0 Å². The first-order valence-corrected chi connectivity index (χ1v) is 5.71. The van der Waals surface area contributed by atoms with E-state index in [1.165, 1.54) is 12.1 Å². The molecule has 1 saturated heterocycles. The fraction of sp³-hybridized carbons (Fsp3) is 0. The van der Waals surface area contributed by atoms with E-state index in [-0.39, 0.29) is 15.7 Å². The minimum Gasteiger partial charge on any atom is -0.165 e. The Kier molecular flexibility index (Phi) is 2.75. The molecule has 0 aliphatic carbocycles. The molecule has 1 aromatic carbocycles. The molecule has 1 aromatic rings. The van der Waals surface area contributed by atoms with E-state index in [9.17, 15) is 8.42 Å². The highest BCUT2D eigenvalue weighted by molar-refractivity contribution is 7.82. The lowest BCUT2D eigenvalue weighted by atomic mass is 10.3. The summed E-state index contributed by atoms with van der Waals surface area (Å²) in [6.07, 6.45) is 0. The molecule has 0 aromatic heterocycles. The molecule has 1 fully saturated rings. The van der Waals surface area contributed by atoms with E-state index in [0.717, 1.165) is 5.17 Å². The molecule has 1 aliphatic rings. The van der Waals surface area contributed by atoms with Gasteiger partial charge in [-0.05, 0) is 12.1 Å². The second-order valence-corrected chi connectivity index (χ2v) is 4.47. The molecule has 2 rings (SSSR count). The molecule has 0 unspecified atom stereocenters. The van der Waals surface area contributed by atoms with Gasteiger partial charge in [0.15, 0.2) is 0 Å². The van der Waals surface area contributed by atoms with Crippen molar-refractivity contribution >= 4 is 39.3 Å². The largest absolute Gasteiger partial charge is 0.440 e. The number of para-hydroxylation sites is 1. The predicted molar refractivity (Wildman–Crippen MR) is 53.2 cm³/mol. The van der Waals surface area contributed by atoms with Gasteiger partial charge in [-0.3, -0.25) is 0 Å². The summed E-state index contributed by atoms with van der Waals surface area (Å²) >= 11 is 11.6. The predicted octanol–water partition coefficient (Wildman–Crippen LogP) is 1.43. The van der Waals surface area contributed by atoms with Gasteiger partial charge in [0.1, 0.15) is 5.69 Å². The van der Waals surface area contributed by atoms with Crippen LogP contribution in [0, 0.1) is 0 Å². The van der Waals surface area contributed by atoms with Gasteiger partial charge in [0.05, 0.1) is 10.0 Å². The van der Waals surface area contributed by atoms with Crippen LogP contribution in [-0.2, 0) is 19.0 Å². The van der Waals surface area contributed by atoms with E-state index in [1.54, 1.807) is 6.07 Å². The van der Waals surface area contributed by atoms with Gasteiger partial charge in [0, 0.05) is 0 Å². The summed E-state index contributed by atoms with van der Waals surface area (Å²) in [6.45, 7) is 0. The molecule has 0 amide bonds. The van der Waals surface area contributed by atoms with E-state index in [0.29, 0.717) is 0 Å². The number of anilines is 1. The standard InChI is InChI=1S/C6H4Cl2N2O4S/c7-4-2-1-3-5(8)6(4)10-9-13-15(11,12)14-10/h1-3,9H. The Morgan fingerprint density at radius 1 is 1.27 bits per heavy atom. The van der Waals surface area contributed by atoms with Crippen LogP contribution in [-0.4, -0.2) is 8.42 Å². The van der Waals surface area contributed by atoms with E-state index in [1.807, 2.05) is 5.59 Å². The van der Waals surface area contributed by atoms with Gasteiger partial charge in [-0.15, -0.1) is 13.7 Å². The third-order valence-corrected chi connectivity index (χ3v) is 2.75. The zero-order valence-corrected chi connectivity index (χ0v) is 9.30. The summed E-state index contributed by atoms with van der Waals surface area (Å²) in [5, 5.41) is 1.16. The Hall–Kier alpha value is -0.570. The Balaban J connectivity index is 2.40. The highest BCUT2D eigenvalue weighted by Gasteiger charge is 2.31. The van der Waals surface area contributed by atoms with Crippen molar-refractivity contribution in [2.45, 2.75) is 0 Å². The first-order chi connectivity index (χ1) is 6.99. The lowest BCUT2D eigenvalue weighted by Gasteiger charge is -2.13. The molecular formula is C6H4Cl2N2O4S. The third-order valence-electron chi connectivity index (χ3n) is 1.53. The Morgan fingerprint density at radius 3 is 2.33 bits per heavy atom. The van der Waals surface area contributed by atoms with Crippen LogP contribution in [0.4, 0.5) is 5.69 Å². The summed E-state index contributed by atoms with van der Waals surface area (Å²) in [5.41, 5.74) is 2.15. The fourth-order valence-electron chi connectivity index (χ4n) is 0.967. The molecule has 1 N–H and O–H groups in total. The molecule has 1 heterocycles. The first kappa shape index (κ1) is 10.9. The lowest BCUT2D eigenvalue weighted by Crippen LogP contribution is -2.28. The topological polar surface area (TPSA) is 67.9 Å². The lowest BCUT2D eigenvalue weighted by molar-refractivity contribution is 0.198. The van der Waals surface area contributed by atoms with Crippen LogP contribution in [0.25, 0.3) is 0 Å². The number of hydrazine groups is 1. The number of nitrogens with one attached hydrogen (secondary N) is 1. The van der Waals surface area contributed by atoms with Crippen LogP contribution in [0.5, 0.6) is 0 Å². The van der Waals surface area contributed by atoms with Crippen LogP contribution in [0.2, 0.25) is 10.0 Å². The smallest absolute Gasteiger partial charge is 0.165 e. The van der Waals surface area contributed by atoms with E-state index in [2.05, 4.69) is 8.57 Å². The fourth-order valence-corrected chi connectivity index (χ4v) is 2.00. The van der Waals surface area contributed by atoms with Gasteiger partial charge < -0.3 is 0 Å². The average Bonchev–Trinajstić information content (AvgIpc) is 2.46. The SMILES string of the molecule is O=S1(=O)ONN(c2c(Cl)cccc2Cl)O1. The molecule has 1 aliphatic heterocycles. The van der Waals surface area contributed by atoms with Crippen LogP contribution >= 0.6 is 23.2 Å². The summed E-state index contributed by atoms with van der Waals surface area (Å²) in [7, 11) is -4.08. The molecule has 82 valence electrons. The second kappa shape index (κ2) is 3.78. The third kappa shape index (κ3) is 2.17. The zero-order chi connectivity index (χ0) is 11.1. The number of nitrogens with zero attached hydrogens (tertiary/aromatic N) is 1. The summed E-state index contributed by atoms with van der Waals surface area (Å²) in [4.78, 5) is 0. The molecule has 0 radical (unpaired) electrons. The molecule has 0 spiro atoms. The highest BCUT2D eigenvalue weighted by atomic mass is 35.5. The highest BCUT2D eigenvalue weighted by Crippen LogP contribution is 2.34. The van der Waals surface area contributed by atoms with Crippen LogP contribution in [0.15, 0.2) is 18.2 Å². The first-order valence-electron chi connectivity index (χ1n) is 3.62.